The minimum Gasteiger partial charge on any atom is -0.396 e. The third-order valence-electron chi connectivity index (χ3n) is 4.23. The zero-order chi connectivity index (χ0) is 18.7. The van der Waals surface area contributed by atoms with E-state index in [0.717, 1.165) is 0 Å². The number of hydrogen-bond donors (Lipinski definition) is 5. The van der Waals surface area contributed by atoms with Gasteiger partial charge in [0.25, 0.3) is 0 Å². The molecule has 0 amide bonds. The Morgan fingerprint density at radius 1 is 1.27 bits per heavy atom. The molecule has 2 heterocycles. The van der Waals surface area contributed by atoms with Crippen molar-refractivity contribution in [1.29, 1.82) is 0 Å². The number of pyridine rings is 1. The van der Waals surface area contributed by atoms with Gasteiger partial charge in [0.05, 0.1) is 12.1 Å². The average Bonchev–Trinajstić information content (AvgIpc) is 2.89. The van der Waals surface area contributed by atoms with Gasteiger partial charge in [0, 0.05) is 30.5 Å². The lowest BCUT2D eigenvalue weighted by Crippen LogP contribution is -2.35. The Morgan fingerprint density at radius 2 is 2.08 bits per heavy atom. The molecule has 2 aromatic rings. The Kier molecular flexibility index (Phi) is 5.54. The van der Waals surface area contributed by atoms with E-state index in [-0.39, 0.29) is 23.5 Å². The lowest BCUT2D eigenvalue weighted by atomic mass is 10.1. The second-order valence-corrected chi connectivity index (χ2v) is 6.36. The smallest absolute Gasteiger partial charge is 0.223 e. The molecule has 2 aromatic heterocycles. The number of nitrogens with zero attached hydrogens (tertiary/aromatic N) is 3. The fourth-order valence-electron chi connectivity index (χ4n) is 2.86. The van der Waals surface area contributed by atoms with E-state index in [9.17, 15) is 15.3 Å². The summed E-state index contributed by atoms with van der Waals surface area (Å²) in [5.74, 6) is 5.59. The quantitative estimate of drug-likeness (QED) is 0.374. The zero-order valence-corrected chi connectivity index (χ0v) is 14.4. The molecule has 0 radical (unpaired) electrons. The number of anilines is 2. The molecule has 1 saturated carbocycles. The highest BCUT2D eigenvalue weighted by Gasteiger charge is 2.41. The first-order chi connectivity index (χ1) is 12.5. The number of aliphatic hydroxyl groups is 3. The number of halogens is 1. The predicted octanol–water partition coefficient (Wildman–Crippen LogP) is 0.0215. The number of aromatic nitrogens is 3. The van der Waals surface area contributed by atoms with Crippen LogP contribution in [-0.4, -0.2) is 55.1 Å². The maximum absolute atomic E-state index is 10.2. The number of nitrogens with one attached hydrogen (secondary N) is 1. The topological polar surface area (TPSA) is 137 Å². The minimum absolute atomic E-state index is 0.0452. The molecule has 1 fully saturated rings. The fraction of sp³-hybridized carbons (Fsp3) is 0.353. The predicted molar refractivity (Wildman–Crippen MR) is 96.3 cm³/mol. The summed E-state index contributed by atoms with van der Waals surface area (Å²) >= 11 is 6.17. The number of nitrogens with two attached hydrogens (primary N) is 1. The molecule has 4 atom stereocenters. The van der Waals surface area contributed by atoms with Gasteiger partial charge in [-0.05, 0) is 18.6 Å². The van der Waals surface area contributed by atoms with Gasteiger partial charge in [0.15, 0.2) is 5.15 Å². The van der Waals surface area contributed by atoms with E-state index in [0.29, 0.717) is 17.5 Å². The first-order valence-electron chi connectivity index (χ1n) is 7.98. The van der Waals surface area contributed by atoms with Gasteiger partial charge >= 0.3 is 0 Å². The van der Waals surface area contributed by atoms with Crippen LogP contribution in [0.4, 0.5) is 11.8 Å². The highest BCUT2D eigenvalue weighted by Crippen LogP contribution is 2.30. The van der Waals surface area contributed by atoms with E-state index in [4.69, 9.17) is 17.3 Å². The van der Waals surface area contributed by atoms with Crippen LogP contribution in [0, 0.1) is 17.8 Å². The second-order valence-electron chi connectivity index (χ2n) is 6.00. The first kappa shape index (κ1) is 18.4. The molecular formula is C17H18ClN5O3. The highest BCUT2D eigenvalue weighted by atomic mass is 35.5. The normalized spacial score (nSPS) is 24.8. The van der Waals surface area contributed by atoms with Crippen LogP contribution >= 0.6 is 11.6 Å². The van der Waals surface area contributed by atoms with E-state index >= 15 is 0 Å². The van der Waals surface area contributed by atoms with E-state index in [1.54, 1.807) is 24.5 Å². The third kappa shape index (κ3) is 3.86. The number of aliphatic hydroxyl groups excluding tert-OH is 3. The monoisotopic (exact) mass is 375 g/mol. The van der Waals surface area contributed by atoms with Crippen LogP contribution in [0.1, 0.15) is 17.5 Å². The van der Waals surface area contributed by atoms with Crippen molar-refractivity contribution in [2.24, 2.45) is 5.92 Å². The molecule has 8 nitrogen and oxygen atoms in total. The molecule has 4 unspecified atom stereocenters. The van der Waals surface area contributed by atoms with Crippen molar-refractivity contribution in [2.75, 3.05) is 17.7 Å². The Bertz CT molecular complexity index is 840. The summed E-state index contributed by atoms with van der Waals surface area (Å²) in [7, 11) is 0. The van der Waals surface area contributed by atoms with Crippen LogP contribution in [-0.2, 0) is 0 Å². The van der Waals surface area contributed by atoms with Crippen molar-refractivity contribution in [3.63, 3.8) is 0 Å². The summed E-state index contributed by atoms with van der Waals surface area (Å²) in [6, 6.07) is 3.02. The van der Waals surface area contributed by atoms with Crippen molar-refractivity contribution in [3.8, 4) is 11.8 Å². The molecule has 9 heteroatoms. The summed E-state index contributed by atoms with van der Waals surface area (Å²) < 4.78 is 0. The summed E-state index contributed by atoms with van der Waals surface area (Å²) in [4.78, 5) is 12.0. The number of rotatable bonds is 3. The van der Waals surface area contributed by atoms with Gasteiger partial charge in [-0.15, -0.1) is 0 Å². The van der Waals surface area contributed by atoms with E-state index in [1.165, 1.54) is 0 Å². The van der Waals surface area contributed by atoms with Crippen LogP contribution in [0.15, 0.2) is 24.5 Å². The van der Waals surface area contributed by atoms with Crippen molar-refractivity contribution in [1.82, 2.24) is 15.0 Å². The summed E-state index contributed by atoms with van der Waals surface area (Å²) in [5, 5.41) is 32.5. The van der Waals surface area contributed by atoms with Gasteiger partial charge in [-0.1, -0.05) is 23.4 Å². The van der Waals surface area contributed by atoms with Crippen LogP contribution in [0.25, 0.3) is 0 Å². The highest BCUT2D eigenvalue weighted by molar-refractivity contribution is 6.31. The van der Waals surface area contributed by atoms with Crippen molar-refractivity contribution < 1.29 is 15.3 Å². The average molecular weight is 376 g/mol. The van der Waals surface area contributed by atoms with Crippen LogP contribution in [0.3, 0.4) is 0 Å². The standard InChI is InChI=1S/C17H18ClN5O3/c18-15-11(4-3-9-2-1-5-20-7-9)16(23-17(19)22-15)21-12-6-10(8-24)13(25)14(12)26/h1-2,5,7,10,12-14,24-26H,6,8H2,(H3,19,21,22,23). The van der Waals surface area contributed by atoms with Crippen LogP contribution < -0.4 is 11.1 Å². The zero-order valence-electron chi connectivity index (χ0n) is 13.7. The third-order valence-corrected chi connectivity index (χ3v) is 4.51. The molecule has 136 valence electrons. The van der Waals surface area contributed by atoms with Crippen molar-refractivity contribution in [2.45, 2.75) is 24.7 Å². The molecular weight excluding hydrogens is 358 g/mol. The summed E-state index contributed by atoms with van der Waals surface area (Å²) in [6.07, 6.45) is 1.51. The second kappa shape index (κ2) is 7.85. The van der Waals surface area contributed by atoms with E-state index in [1.807, 2.05) is 0 Å². The van der Waals surface area contributed by atoms with Gasteiger partial charge in [0.2, 0.25) is 5.95 Å². The fourth-order valence-corrected chi connectivity index (χ4v) is 3.08. The van der Waals surface area contributed by atoms with Crippen molar-refractivity contribution >= 4 is 23.4 Å². The van der Waals surface area contributed by atoms with Gasteiger partial charge in [0.1, 0.15) is 17.5 Å². The molecule has 1 aliphatic rings. The van der Waals surface area contributed by atoms with Crippen molar-refractivity contribution in [3.05, 3.63) is 40.8 Å². The number of nitrogen functional groups attached to an aromatic ring is 1. The minimum atomic E-state index is -1.07. The maximum atomic E-state index is 10.2. The van der Waals surface area contributed by atoms with Gasteiger partial charge < -0.3 is 26.4 Å². The van der Waals surface area contributed by atoms with Crippen LogP contribution in [0.2, 0.25) is 5.15 Å². The lowest BCUT2D eigenvalue weighted by molar-refractivity contribution is 0.00445. The molecule has 0 bridgehead atoms. The SMILES string of the molecule is Nc1nc(Cl)c(C#Cc2cccnc2)c(NC2CC(CO)C(O)C2O)n1. The summed E-state index contributed by atoms with van der Waals surface area (Å²) in [5.41, 5.74) is 6.67. The van der Waals surface area contributed by atoms with Crippen LogP contribution in [0.5, 0.6) is 0 Å². The Balaban J connectivity index is 1.91. The number of hydrogen-bond acceptors (Lipinski definition) is 8. The molecule has 0 aromatic carbocycles. The molecule has 6 N–H and O–H groups in total. The Hall–Kier alpha value is -2.44. The molecule has 26 heavy (non-hydrogen) atoms. The molecule has 3 rings (SSSR count). The maximum Gasteiger partial charge on any atom is 0.223 e. The molecule has 0 aliphatic heterocycles. The molecule has 0 spiro atoms. The van der Waals surface area contributed by atoms with E-state index < -0.39 is 24.2 Å². The lowest BCUT2D eigenvalue weighted by Gasteiger charge is -2.19. The summed E-state index contributed by atoms with van der Waals surface area (Å²) in [6.45, 7) is -0.225. The van der Waals surface area contributed by atoms with Gasteiger partial charge in [-0.3, -0.25) is 4.98 Å². The van der Waals surface area contributed by atoms with E-state index in [2.05, 4.69) is 32.1 Å². The Morgan fingerprint density at radius 3 is 2.73 bits per heavy atom. The largest absolute Gasteiger partial charge is 0.396 e. The molecule has 0 saturated heterocycles. The van der Waals surface area contributed by atoms with Gasteiger partial charge in [-0.25, -0.2) is 0 Å². The first-order valence-corrected chi connectivity index (χ1v) is 8.36. The van der Waals surface area contributed by atoms with Gasteiger partial charge in [-0.2, -0.15) is 9.97 Å². The molecule has 1 aliphatic carbocycles. The Labute approximate surface area is 155 Å².